The highest BCUT2D eigenvalue weighted by molar-refractivity contribution is 5.89. The number of alkyl carbamates (subject to hydrolysis) is 1. The summed E-state index contributed by atoms with van der Waals surface area (Å²) in [5.74, 6) is -11.5. The topological polar surface area (TPSA) is 120 Å². The predicted octanol–water partition coefficient (Wildman–Crippen LogP) is 5.65. The van der Waals surface area contributed by atoms with Gasteiger partial charge in [0.05, 0.1) is 30.7 Å². The number of fused-ring (bicyclic) bond motifs is 5. The van der Waals surface area contributed by atoms with Gasteiger partial charge in [-0.05, 0) is 55.6 Å². The number of aldehydes is 1. The lowest BCUT2D eigenvalue weighted by Gasteiger charge is -2.35. The van der Waals surface area contributed by atoms with E-state index in [1.807, 2.05) is 0 Å². The van der Waals surface area contributed by atoms with Gasteiger partial charge in [-0.25, -0.2) is 14.8 Å². The van der Waals surface area contributed by atoms with Gasteiger partial charge in [0.1, 0.15) is 30.3 Å². The zero-order chi connectivity index (χ0) is 33.6. The van der Waals surface area contributed by atoms with E-state index in [4.69, 9.17) is 14.2 Å². The average Bonchev–Trinajstić information content (AvgIpc) is 3.56. The minimum absolute atomic E-state index is 0.0626. The second-order valence-electron chi connectivity index (χ2n) is 13.6. The summed E-state index contributed by atoms with van der Waals surface area (Å²) in [6.45, 7) is 6.55. The molecule has 5 rings (SSSR count). The van der Waals surface area contributed by atoms with Crippen LogP contribution in [0, 0.1) is 17.3 Å². The second kappa shape index (κ2) is 12.5. The van der Waals surface area contributed by atoms with E-state index in [1.54, 1.807) is 27.7 Å². The Labute approximate surface area is 264 Å². The first-order valence-electron chi connectivity index (χ1n) is 15.6. The van der Waals surface area contributed by atoms with Crippen LogP contribution >= 0.6 is 0 Å². The third-order valence-corrected chi connectivity index (χ3v) is 9.43. The number of ether oxygens (including phenoxy) is 3. The standard InChI is InChI=1S/C32H40F4N4O6/c1-17-22(16-41)40-15-24(17)45-27-25(37-20-12-11-19(44-5)14-21(20)38-27)32(35,36)31(33,34)13-7-9-18-8-6-10-23(18)46-29(43)39-26(28(40)42)30(2,3)4/h11-12,14,16-18,22-24,26H,6-10,13,15H2,1-5H3,(H,39,43)/t17-,18-,22+,23+,24-,26+/m0/s1. The van der Waals surface area contributed by atoms with E-state index in [9.17, 15) is 14.4 Å². The molecule has 3 aliphatic rings. The number of methoxy groups -OCH3 is 1. The van der Waals surface area contributed by atoms with Gasteiger partial charge in [0, 0.05) is 18.4 Å². The molecule has 2 amide bonds. The molecule has 1 aromatic carbocycles. The Morgan fingerprint density at radius 3 is 2.41 bits per heavy atom. The maximum absolute atomic E-state index is 16.0. The van der Waals surface area contributed by atoms with Crippen molar-refractivity contribution < 1.29 is 46.2 Å². The van der Waals surface area contributed by atoms with E-state index in [-0.39, 0.29) is 36.3 Å². The number of aromatic nitrogens is 2. The lowest BCUT2D eigenvalue weighted by Crippen LogP contribution is -2.56. The Hall–Kier alpha value is -3.71. The molecular weight excluding hydrogens is 612 g/mol. The SMILES string of the molecule is COc1ccc2nc3c(nc2c1)O[C@H]1CN(C(=O)[C@H](C(C)(C)C)NC(=O)O[C@@H]2CCC[C@H]2CCCC(F)(F)C3(F)F)[C@H](C=O)[C@@H]1C. The highest BCUT2D eigenvalue weighted by Gasteiger charge is 2.60. The number of amides is 2. The Bertz CT molecular complexity index is 1480. The average molecular weight is 653 g/mol. The van der Waals surface area contributed by atoms with Gasteiger partial charge in [0.25, 0.3) is 0 Å². The minimum atomic E-state index is -4.79. The molecule has 10 nitrogen and oxygen atoms in total. The van der Waals surface area contributed by atoms with Crippen molar-refractivity contribution in [1.29, 1.82) is 0 Å². The van der Waals surface area contributed by atoms with Gasteiger partial charge in [0.15, 0.2) is 5.69 Å². The van der Waals surface area contributed by atoms with Crippen LogP contribution < -0.4 is 14.8 Å². The summed E-state index contributed by atoms with van der Waals surface area (Å²) in [5, 5.41) is 2.67. The van der Waals surface area contributed by atoms with Crippen LogP contribution in [-0.2, 0) is 20.2 Å². The quantitative estimate of drug-likeness (QED) is 0.327. The van der Waals surface area contributed by atoms with Crippen molar-refractivity contribution in [3.05, 3.63) is 23.9 Å². The zero-order valence-corrected chi connectivity index (χ0v) is 26.5. The predicted molar refractivity (Wildman–Crippen MR) is 158 cm³/mol. The molecule has 1 N–H and O–H groups in total. The Morgan fingerprint density at radius 1 is 1.02 bits per heavy atom. The molecule has 2 bridgehead atoms. The zero-order valence-electron chi connectivity index (χ0n) is 26.5. The number of alkyl halides is 4. The van der Waals surface area contributed by atoms with Crippen LogP contribution in [0.5, 0.6) is 11.6 Å². The van der Waals surface area contributed by atoms with E-state index < -0.39 is 77.5 Å². The van der Waals surface area contributed by atoms with E-state index in [1.165, 1.54) is 30.2 Å². The molecule has 3 heterocycles. The normalized spacial score (nSPS) is 30.2. The molecule has 14 heteroatoms. The number of hydrogen-bond donors (Lipinski definition) is 1. The minimum Gasteiger partial charge on any atom is -0.497 e. The number of carbonyl (C=O) groups is 3. The third-order valence-electron chi connectivity index (χ3n) is 9.43. The number of nitrogens with one attached hydrogen (secondary N) is 1. The first kappa shape index (κ1) is 33.6. The lowest BCUT2D eigenvalue weighted by molar-refractivity contribution is -0.223. The summed E-state index contributed by atoms with van der Waals surface area (Å²) in [7, 11) is 1.40. The van der Waals surface area contributed by atoms with Gasteiger partial charge in [-0.1, -0.05) is 27.7 Å². The van der Waals surface area contributed by atoms with Crippen molar-refractivity contribution in [2.24, 2.45) is 17.3 Å². The van der Waals surface area contributed by atoms with Crippen molar-refractivity contribution in [3.8, 4) is 11.6 Å². The maximum atomic E-state index is 16.0. The Balaban J connectivity index is 1.61. The second-order valence-corrected chi connectivity index (χ2v) is 13.6. The fourth-order valence-electron chi connectivity index (χ4n) is 6.65. The maximum Gasteiger partial charge on any atom is 0.408 e. The summed E-state index contributed by atoms with van der Waals surface area (Å²) in [4.78, 5) is 48.7. The molecule has 1 saturated carbocycles. The number of halogens is 4. The fourth-order valence-corrected chi connectivity index (χ4v) is 6.65. The number of hydrogen-bond acceptors (Lipinski definition) is 8. The monoisotopic (exact) mass is 652 g/mol. The number of carbonyl (C=O) groups excluding carboxylic acids is 3. The fraction of sp³-hybridized carbons (Fsp3) is 0.656. The van der Waals surface area contributed by atoms with Crippen molar-refractivity contribution in [1.82, 2.24) is 20.2 Å². The van der Waals surface area contributed by atoms with Gasteiger partial charge in [0.2, 0.25) is 11.8 Å². The van der Waals surface area contributed by atoms with Gasteiger partial charge >= 0.3 is 17.9 Å². The first-order valence-corrected chi connectivity index (χ1v) is 15.6. The molecular formula is C32H40F4N4O6. The van der Waals surface area contributed by atoms with Gasteiger partial charge in [-0.2, -0.15) is 17.6 Å². The van der Waals surface area contributed by atoms with Crippen LogP contribution in [0.4, 0.5) is 22.4 Å². The molecule has 0 unspecified atom stereocenters. The molecule has 252 valence electrons. The number of nitrogens with zero attached hydrogens (tertiary/aromatic N) is 3. The van der Waals surface area contributed by atoms with Crippen LogP contribution in [0.15, 0.2) is 18.2 Å². The smallest absolute Gasteiger partial charge is 0.408 e. The van der Waals surface area contributed by atoms with Gasteiger partial charge in [-0.3, -0.25) is 4.79 Å². The molecule has 0 spiro atoms. The molecule has 1 saturated heterocycles. The molecule has 1 aliphatic carbocycles. The van der Waals surface area contributed by atoms with Gasteiger partial charge < -0.3 is 29.2 Å². The van der Waals surface area contributed by atoms with Crippen LogP contribution in [-0.4, -0.2) is 77.0 Å². The first-order chi connectivity index (χ1) is 21.6. The highest BCUT2D eigenvalue weighted by Crippen LogP contribution is 2.49. The van der Waals surface area contributed by atoms with Crippen molar-refractivity contribution in [3.63, 3.8) is 0 Å². The van der Waals surface area contributed by atoms with Crippen LogP contribution in [0.25, 0.3) is 11.0 Å². The largest absolute Gasteiger partial charge is 0.497 e. The van der Waals surface area contributed by atoms with Crippen molar-refractivity contribution in [2.45, 2.75) is 102 Å². The molecule has 6 atom stereocenters. The molecule has 1 aromatic heterocycles. The van der Waals surface area contributed by atoms with E-state index in [2.05, 4.69) is 15.3 Å². The summed E-state index contributed by atoms with van der Waals surface area (Å²) in [6, 6.07) is 2.01. The third kappa shape index (κ3) is 6.31. The summed E-state index contributed by atoms with van der Waals surface area (Å²) < 4.78 is 79.8. The van der Waals surface area contributed by atoms with Crippen LogP contribution in [0.2, 0.25) is 0 Å². The Kier molecular flexibility index (Phi) is 9.13. The van der Waals surface area contributed by atoms with Gasteiger partial charge in [-0.15, -0.1) is 0 Å². The molecule has 2 aromatic rings. The summed E-state index contributed by atoms with van der Waals surface area (Å²) in [5.41, 5.74) is -2.16. The summed E-state index contributed by atoms with van der Waals surface area (Å²) >= 11 is 0. The summed E-state index contributed by atoms with van der Waals surface area (Å²) in [6.07, 6.45) is -1.59. The molecule has 2 fully saturated rings. The Morgan fingerprint density at radius 2 is 1.74 bits per heavy atom. The molecule has 0 radical (unpaired) electrons. The van der Waals surface area contributed by atoms with E-state index in [0.717, 1.165) is 0 Å². The van der Waals surface area contributed by atoms with Crippen LogP contribution in [0.3, 0.4) is 0 Å². The highest BCUT2D eigenvalue weighted by atomic mass is 19.3. The lowest BCUT2D eigenvalue weighted by atomic mass is 9.85. The molecule has 2 aliphatic heterocycles. The van der Waals surface area contributed by atoms with E-state index >= 15 is 17.6 Å². The number of rotatable bonds is 2. The van der Waals surface area contributed by atoms with E-state index in [0.29, 0.717) is 31.3 Å². The van der Waals surface area contributed by atoms with Crippen LogP contribution in [0.1, 0.15) is 71.9 Å². The number of benzene rings is 1. The molecule has 46 heavy (non-hydrogen) atoms. The van der Waals surface area contributed by atoms with Crippen molar-refractivity contribution in [2.75, 3.05) is 13.7 Å². The van der Waals surface area contributed by atoms with Crippen molar-refractivity contribution >= 4 is 29.3 Å².